The highest BCUT2D eigenvalue weighted by Gasteiger charge is 2.36. The Morgan fingerprint density at radius 2 is 1.52 bits per heavy atom. The molecule has 0 saturated carbocycles. The van der Waals surface area contributed by atoms with Gasteiger partial charge in [-0.05, 0) is 64.0 Å². The van der Waals surface area contributed by atoms with Crippen LogP contribution in [-0.2, 0) is 10.8 Å². The molecule has 3 rings (SSSR count). The van der Waals surface area contributed by atoms with Crippen LogP contribution in [0.15, 0.2) is 59.4 Å². The molecule has 2 aromatic carbocycles. The Labute approximate surface area is 175 Å². The molecule has 29 heavy (non-hydrogen) atoms. The van der Waals surface area contributed by atoms with E-state index in [-0.39, 0.29) is 10.8 Å². The van der Waals surface area contributed by atoms with E-state index in [1.54, 1.807) is 7.05 Å². The summed E-state index contributed by atoms with van der Waals surface area (Å²) in [5, 5.41) is 7.47. The fourth-order valence-electron chi connectivity index (χ4n) is 4.14. The molecule has 2 aromatic rings. The summed E-state index contributed by atoms with van der Waals surface area (Å²) in [7, 11) is 1.63. The van der Waals surface area contributed by atoms with Gasteiger partial charge in [-0.1, -0.05) is 88.0 Å². The minimum absolute atomic E-state index is 0.230. The number of hydrogen-bond acceptors (Lipinski definition) is 2. The summed E-state index contributed by atoms with van der Waals surface area (Å²) in [4.78, 5) is 0. The van der Waals surface area contributed by atoms with Crippen LogP contribution in [0.1, 0.15) is 75.3 Å². The van der Waals surface area contributed by atoms with Gasteiger partial charge in [0.25, 0.3) is 0 Å². The molecule has 3 heteroatoms. The van der Waals surface area contributed by atoms with Crippen LogP contribution < -0.4 is 5.43 Å². The van der Waals surface area contributed by atoms with Crippen molar-refractivity contribution in [3.8, 4) is 0 Å². The molecule has 0 saturated heterocycles. The summed E-state index contributed by atoms with van der Waals surface area (Å²) in [6.45, 7) is 15.6. The molecule has 0 radical (unpaired) electrons. The van der Waals surface area contributed by atoms with Crippen LogP contribution in [0, 0.1) is 0 Å². The van der Waals surface area contributed by atoms with Crippen molar-refractivity contribution in [2.45, 2.75) is 58.3 Å². The standard InChI is InChI=1S/C26H33N3/c1-18(21-9-11-22(12-10-21)19(2)28-29-27-7)16-20-8-13-23-24(17-20)26(5,6)15-14-25(23,3)4/h8-13,16-17H,2,14-15H2,1,3-7H3,(H,27,28)/b18-16-. The molecule has 0 atom stereocenters. The normalized spacial score (nSPS) is 17.8. The first-order valence-corrected chi connectivity index (χ1v) is 10.3. The fraction of sp³-hybridized carbons (Fsp3) is 0.385. The Bertz CT molecular complexity index is 960. The molecule has 1 aliphatic rings. The Morgan fingerprint density at radius 3 is 2.14 bits per heavy atom. The van der Waals surface area contributed by atoms with E-state index in [1.165, 1.54) is 40.7 Å². The topological polar surface area (TPSA) is 36.8 Å². The van der Waals surface area contributed by atoms with E-state index in [0.29, 0.717) is 0 Å². The van der Waals surface area contributed by atoms with Gasteiger partial charge in [-0.15, -0.1) is 0 Å². The Balaban J connectivity index is 1.88. The average Bonchev–Trinajstić information content (AvgIpc) is 2.70. The molecule has 0 aromatic heterocycles. The van der Waals surface area contributed by atoms with Crippen molar-refractivity contribution in [1.29, 1.82) is 0 Å². The Hall–Kier alpha value is -2.68. The van der Waals surface area contributed by atoms with E-state index in [2.05, 4.69) is 106 Å². The first-order valence-electron chi connectivity index (χ1n) is 10.3. The van der Waals surface area contributed by atoms with Crippen LogP contribution >= 0.6 is 0 Å². The van der Waals surface area contributed by atoms with Gasteiger partial charge >= 0.3 is 0 Å². The number of rotatable bonds is 5. The number of allylic oxidation sites excluding steroid dienone is 1. The van der Waals surface area contributed by atoms with Gasteiger partial charge in [0.05, 0.1) is 12.7 Å². The summed E-state index contributed by atoms with van der Waals surface area (Å²) >= 11 is 0. The highest BCUT2D eigenvalue weighted by atomic mass is 15.4. The van der Waals surface area contributed by atoms with Crippen molar-refractivity contribution in [2.24, 2.45) is 10.3 Å². The first-order chi connectivity index (χ1) is 13.6. The predicted octanol–water partition coefficient (Wildman–Crippen LogP) is 7.15. The van der Waals surface area contributed by atoms with Crippen LogP contribution in [0.25, 0.3) is 17.3 Å². The van der Waals surface area contributed by atoms with E-state index in [4.69, 9.17) is 0 Å². The minimum atomic E-state index is 0.230. The molecule has 0 amide bonds. The second kappa shape index (κ2) is 7.98. The van der Waals surface area contributed by atoms with Gasteiger partial charge in [0, 0.05) is 0 Å². The van der Waals surface area contributed by atoms with Crippen molar-refractivity contribution >= 4 is 17.3 Å². The van der Waals surface area contributed by atoms with Crippen LogP contribution in [0.5, 0.6) is 0 Å². The van der Waals surface area contributed by atoms with Crippen molar-refractivity contribution < 1.29 is 0 Å². The Morgan fingerprint density at radius 1 is 0.931 bits per heavy atom. The van der Waals surface area contributed by atoms with E-state index < -0.39 is 0 Å². The molecule has 0 bridgehead atoms. The molecule has 0 spiro atoms. The maximum absolute atomic E-state index is 3.99. The monoisotopic (exact) mass is 387 g/mol. The molecule has 0 heterocycles. The maximum Gasteiger partial charge on any atom is 0.0579 e. The van der Waals surface area contributed by atoms with Crippen LogP contribution in [0.3, 0.4) is 0 Å². The van der Waals surface area contributed by atoms with Gasteiger partial charge in [0.1, 0.15) is 0 Å². The molecule has 0 fully saturated rings. The lowest BCUT2D eigenvalue weighted by atomic mass is 9.63. The largest absolute Gasteiger partial charge is 0.260 e. The van der Waals surface area contributed by atoms with Crippen molar-refractivity contribution in [1.82, 2.24) is 5.43 Å². The van der Waals surface area contributed by atoms with Gasteiger partial charge in [-0.25, -0.2) is 0 Å². The van der Waals surface area contributed by atoms with Crippen molar-refractivity contribution in [3.05, 3.63) is 76.9 Å². The quantitative estimate of drug-likeness (QED) is 0.330. The van der Waals surface area contributed by atoms with Gasteiger partial charge in [-0.2, -0.15) is 5.11 Å². The SMILES string of the molecule is C=C(NN=NC)c1ccc(/C(C)=C\c2ccc3c(c2)C(C)(C)CCC3(C)C)cc1. The van der Waals surface area contributed by atoms with Gasteiger partial charge in [0.15, 0.2) is 0 Å². The average molecular weight is 388 g/mol. The van der Waals surface area contributed by atoms with Crippen LogP contribution in [-0.4, -0.2) is 7.05 Å². The highest BCUT2D eigenvalue weighted by molar-refractivity contribution is 5.81. The molecule has 3 nitrogen and oxygen atoms in total. The Kier molecular flexibility index (Phi) is 5.79. The molecular formula is C26H33N3. The summed E-state index contributed by atoms with van der Waals surface area (Å²) in [5.74, 6) is 0. The number of nitrogens with zero attached hydrogens (tertiary/aromatic N) is 2. The van der Waals surface area contributed by atoms with Crippen molar-refractivity contribution in [2.75, 3.05) is 7.05 Å². The number of fused-ring (bicyclic) bond motifs is 1. The lowest BCUT2D eigenvalue weighted by Crippen LogP contribution is -2.33. The van der Waals surface area contributed by atoms with Crippen LogP contribution in [0.4, 0.5) is 0 Å². The van der Waals surface area contributed by atoms with Gasteiger partial charge < -0.3 is 0 Å². The van der Waals surface area contributed by atoms with E-state index in [0.717, 1.165) is 11.3 Å². The second-order valence-corrected chi connectivity index (χ2v) is 9.37. The fourth-order valence-corrected chi connectivity index (χ4v) is 4.14. The molecule has 0 aliphatic heterocycles. The summed E-state index contributed by atoms with van der Waals surface area (Å²) in [6, 6.07) is 15.4. The number of benzene rings is 2. The lowest BCUT2D eigenvalue weighted by Gasteiger charge is -2.42. The summed E-state index contributed by atoms with van der Waals surface area (Å²) in [5.41, 5.74) is 11.8. The molecule has 1 aliphatic carbocycles. The number of hydrogen-bond donors (Lipinski definition) is 1. The van der Waals surface area contributed by atoms with Gasteiger partial charge in [-0.3, -0.25) is 5.43 Å². The van der Waals surface area contributed by atoms with E-state index >= 15 is 0 Å². The molecule has 0 unspecified atom stereocenters. The molecule has 1 N–H and O–H groups in total. The highest BCUT2D eigenvalue weighted by Crippen LogP contribution is 2.46. The van der Waals surface area contributed by atoms with Gasteiger partial charge in [0.2, 0.25) is 0 Å². The third kappa shape index (κ3) is 4.50. The smallest absolute Gasteiger partial charge is 0.0579 e. The van der Waals surface area contributed by atoms with Crippen molar-refractivity contribution in [3.63, 3.8) is 0 Å². The zero-order valence-corrected chi connectivity index (χ0v) is 18.6. The number of nitrogens with one attached hydrogen (secondary N) is 1. The van der Waals surface area contributed by atoms with Crippen LogP contribution in [0.2, 0.25) is 0 Å². The lowest BCUT2D eigenvalue weighted by molar-refractivity contribution is 0.332. The molecule has 152 valence electrons. The maximum atomic E-state index is 3.99. The predicted molar refractivity (Wildman–Crippen MR) is 125 cm³/mol. The van der Waals surface area contributed by atoms with E-state index in [9.17, 15) is 0 Å². The zero-order valence-electron chi connectivity index (χ0n) is 18.6. The zero-order chi connectivity index (χ0) is 21.2. The second-order valence-electron chi connectivity index (χ2n) is 9.37. The molecular weight excluding hydrogens is 354 g/mol. The summed E-state index contributed by atoms with van der Waals surface area (Å²) in [6.07, 6.45) is 4.76. The minimum Gasteiger partial charge on any atom is -0.260 e. The first kappa shape index (κ1) is 21.0. The summed E-state index contributed by atoms with van der Waals surface area (Å²) < 4.78 is 0. The third-order valence-electron chi connectivity index (χ3n) is 6.23. The van der Waals surface area contributed by atoms with E-state index in [1.807, 2.05) is 0 Å². The third-order valence-corrected chi connectivity index (χ3v) is 6.23.